The molecule has 0 saturated heterocycles. The minimum absolute atomic E-state index is 0.0401. The highest BCUT2D eigenvalue weighted by Gasteiger charge is 2.10. The summed E-state index contributed by atoms with van der Waals surface area (Å²) in [6.45, 7) is 0.241. The zero-order chi connectivity index (χ0) is 14.1. The number of nitrogens with one attached hydrogen (secondary N) is 1. The van der Waals surface area contributed by atoms with E-state index >= 15 is 0 Å². The maximum absolute atomic E-state index is 12.3. The lowest BCUT2D eigenvalue weighted by molar-refractivity contribution is 0.0973. The molecule has 3 aromatic rings. The third-order valence-corrected chi connectivity index (χ3v) is 4.00. The number of H-pyrrole nitrogens is 1. The second-order valence-corrected chi connectivity index (χ2v) is 5.77. The Kier molecular flexibility index (Phi) is 3.54. The largest absolute Gasteiger partial charge is 0.331 e. The van der Waals surface area contributed by atoms with Crippen LogP contribution in [0, 0.1) is 4.77 Å². The number of Topliss-reactive ketones (excluding diaryl/α,β-unsaturated/α-hetero) is 1. The number of nitrogens with zero attached hydrogens (tertiary/aromatic N) is 1. The van der Waals surface area contributed by atoms with Crippen LogP contribution >= 0.6 is 28.1 Å². The highest BCUT2D eigenvalue weighted by Crippen LogP contribution is 2.16. The molecular formula is C15H11BrN2OS. The van der Waals surface area contributed by atoms with Crippen LogP contribution in [-0.2, 0) is 6.54 Å². The summed E-state index contributed by atoms with van der Waals surface area (Å²) in [5.41, 5.74) is 2.57. The minimum Gasteiger partial charge on any atom is -0.331 e. The summed E-state index contributed by atoms with van der Waals surface area (Å²) in [5, 5.41) is 0. The molecule has 0 atom stereocenters. The van der Waals surface area contributed by atoms with E-state index in [2.05, 4.69) is 20.9 Å². The molecule has 0 fully saturated rings. The van der Waals surface area contributed by atoms with E-state index in [0.29, 0.717) is 10.3 Å². The molecule has 0 aliphatic carbocycles. The monoisotopic (exact) mass is 346 g/mol. The van der Waals surface area contributed by atoms with Crippen LogP contribution in [0.4, 0.5) is 0 Å². The van der Waals surface area contributed by atoms with Crippen molar-refractivity contribution in [1.82, 2.24) is 9.55 Å². The van der Waals surface area contributed by atoms with E-state index in [4.69, 9.17) is 12.2 Å². The zero-order valence-corrected chi connectivity index (χ0v) is 12.9. The molecule has 1 heterocycles. The van der Waals surface area contributed by atoms with Crippen molar-refractivity contribution >= 4 is 45.0 Å². The first-order chi connectivity index (χ1) is 9.65. The van der Waals surface area contributed by atoms with Gasteiger partial charge in [-0.25, -0.2) is 0 Å². The molecule has 0 saturated carbocycles. The van der Waals surface area contributed by atoms with E-state index in [1.165, 1.54) is 0 Å². The fraction of sp³-hybridized carbons (Fsp3) is 0.0667. The molecule has 0 radical (unpaired) electrons. The number of halogens is 1. The highest BCUT2D eigenvalue weighted by atomic mass is 79.9. The summed E-state index contributed by atoms with van der Waals surface area (Å²) in [7, 11) is 0. The van der Waals surface area contributed by atoms with Gasteiger partial charge in [-0.1, -0.05) is 40.2 Å². The zero-order valence-electron chi connectivity index (χ0n) is 10.5. The number of aromatic amines is 1. The van der Waals surface area contributed by atoms with Gasteiger partial charge in [-0.15, -0.1) is 0 Å². The van der Waals surface area contributed by atoms with Gasteiger partial charge in [-0.3, -0.25) is 4.79 Å². The lowest BCUT2D eigenvalue weighted by atomic mass is 10.1. The van der Waals surface area contributed by atoms with Gasteiger partial charge >= 0.3 is 0 Å². The molecule has 0 unspecified atom stereocenters. The second kappa shape index (κ2) is 5.34. The predicted octanol–water partition coefficient (Wildman–Crippen LogP) is 4.34. The quantitative estimate of drug-likeness (QED) is 0.565. The number of carbonyl (C=O) groups is 1. The summed E-state index contributed by atoms with van der Waals surface area (Å²) in [6, 6.07) is 15.1. The molecule has 0 bridgehead atoms. The molecule has 3 rings (SSSR count). The molecule has 1 N–H and O–H groups in total. The van der Waals surface area contributed by atoms with Crippen molar-refractivity contribution in [3.05, 3.63) is 63.3 Å². The number of imidazole rings is 1. The molecule has 20 heavy (non-hydrogen) atoms. The third-order valence-electron chi connectivity index (χ3n) is 3.15. The van der Waals surface area contributed by atoms with E-state index < -0.39 is 0 Å². The summed E-state index contributed by atoms with van der Waals surface area (Å²) in [4.78, 5) is 15.4. The first kappa shape index (κ1) is 13.3. The smallest absolute Gasteiger partial charge is 0.182 e. The van der Waals surface area contributed by atoms with Crippen molar-refractivity contribution in [2.24, 2.45) is 0 Å². The Morgan fingerprint density at radius 2 is 1.85 bits per heavy atom. The van der Waals surface area contributed by atoms with Gasteiger partial charge in [0.2, 0.25) is 0 Å². The number of hydrogen-bond acceptors (Lipinski definition) is 2. The molecule has 1 aromatic heterocycles. The van der Waals surface area contributed by atoms with E-state index in [1.807, 2.05) is 53.1 Å². The van der Waals surface area contributed by atoms with E-state index in [1.54, 1.807) is 0 Å². The van der Waals surface area contributed by atoms with E-state index in [-0.39, 0.29) is 12.3 Å². The molecule has 3 nitrogen and oxygen atoms in total. The van der Waals surface area contributed by atoms with Crippen molar-refractivity contribution in [3.8, 4) is 0 Å². The summed E-state index contributed by atoms with van der Waals surface area (Å²) in [5.74, 6) is 0.0401. The first-order valence-electron chi connectivity index (χ1n) is 6.11. The fourth-order valence-electron chi connectivity index (χ4n) is 2.13. The van der Waals surface area contributed by atoms with Crippen LogP contribution in [0.1, 0.15) is 10.4 Å². The van der Waals surface area contributed by atoms with Crippen LogP contribution in [0.15, 0.2) is 53.0 Å². The summed E-state index contributed by atoms with van der Waals surface area (Å²) in [6.07, 6.45) is 0. The Balaban J connectivity index is 1.97. The van der Waals surface area contributed by atoms with Gasteiger partial charge < -0.3 is 9.55 Å². The average Bonchev–Trinajstić information content (AvgIpc) is 2.76. The topological polar surface area (TPSA) is 37.8 Å². The molecule has 5 heteroatoms. The van der Waals surface area contributed by atoms with Gasteiger partial charge in [0.1, 0.15) is 0 Å². The molecule has 0 aliphatic heterocycles. The van der Waals surface area contributed by atoms with E-state index in [0.717, 1.165) is 15.5 Å². The number of hydrogen-bond donors (Lipinski definition) is 1. The van der Waals surface area contributed by atoms with E-state index in [9.17, 15) is 4.79 Å². The Bertz CT molecular complexity index is 833. The lowest BCUT2D eigenvalue weighted by Crippen LogP contribution is -2.10. The Morgan fingerprint density at radius 1 is 1.15 bits per heavy atom. The van der Waals surface area contributed by atoms with Gasteiger partial charge in [0, 0.05) is 10.0 Å². The highest BCUT2D eigenvalue weighted by molar-refractivity contribution is 9.10. The van der Waals surface area contributed by atoms with Crippen molar-refractivity contribution in [3.63, 3.8) is 0 Å². The van der Waals surface area contributed by atoms with Gasteiger partial charge in [0.25, 0.3) is 0 Å². The number of carbonyl (C=O) groups excluding carboxylic acids is 1. The number of para-hydroxylation sites is 2. The van der Waals surface area contributed by atoms with Crippen LogP contribution in [0.2, 0.25) is 0 Å². The van der Waals surface area contributed by atoms with Gasteiger partial charge in [0.15, 0.2) is 10.6 Å². The number of fused-ring (bicyclic) bond motifs is 1. The lowest BCUT2D eigenvalue weighted by Gasteiger charge is -2.04. The molecule has 0 spiro atoms. The van der Waals surface area contributed by atoms with Gasteiger partial charge in [0.05, 0.1) is 17.6 Å². The maximum atomic E-state index is 12.3. The van der Waals surface area contributed by atoms with Crippen molar-refractivity contribution in [2.45, 2.75) is 6.54 Å². The number of ketones is 1. The van der Waals surface area contributed by atoms with Crippen LogP contribution in [0.25, 0.3) is 11.0 Å². The van der Waals surface area contributed by atoms with Gasteiger partial charge in [-0.2, -0.15) is 0 Å². The van der Waals surface area contributed by atoms with Crippen molar-refractivity contribution in [2.75, 3.05) is 0 Å². The molecule has 0 amide bonds. The van der Waals surface area contributed by atoms with Gasteiger partial charge in [-0.05, 0) is 36.5 Å². The standard InChI is InChI=1S/C15H11BrN2OS/c16-11-7-5-10(6-8-11)14(19)9-18-13-4-2-1-3-12(13)17-15(18)20/h1-8H,9H2,(H,17,20). The average molecular weight is 347 g/mol. The van der Waals surface area contributed by atoms with Crippen LogP contribution in [-0.4, -0.2) is 15.3 Å². The minimum atomic E-state index is 0.0401. The normalized spacial score (nSPS) is 10.8. The fourth-order valence-corrected chi connectivity index (χ4v) is 2.67. The molecule has 2 aromatic carbocycles. The molecule has 100 valence electrons. The van der Waals surface area contributed by atoms with Crippen LogP contribution in [0.3, 0.4) is 0 Å². The molecule has 0 aliphatic rings. The third kappa shape index (κ3) is 2.46. The number of aromatic nitrogens is 2. The Labute approximate surface area is 129 Å². The first-order valence-corrected chi connectivity index (χ1v) is 7.31. The Hall–Kier alpha value is -1.72. The number of benzene rings is 2. The second-order valence-electron chi connectivity index (χ2n) is 4.46. The van der Waals surface area contributed by atoms with Crippen molar-refractivity contribution in [1.29, 1.82) is 0 Å². The molecular weight excluding hydrogens is 336 g/mol. The number of rotatable bonds is 3. The predicted molar refractivity (Wildman–Crippen MR) is 85.6 cm³/mol. The van der Waals surface area contributed by atoms with Crippen molar-refractivity contribution < 1.29 is 4.79 Å². The van der Waals surface area contributed by atoms with Crippen LogP contribution < -0.4 is 0 Å². The summed E-state index contributed by atoms with van der Waals surface area (Å²) >= 11 is 8.65. The summed E-state index contributed by atoms with van der Waals surface area (Å²) < 4.78 is 3.35. The SMILES string of the molecule is O=C(Cn1c(=S)[nH]c2ccccc21)c1ccc(Br)cc1. The van der Waals surface area contributed by atoms with Crippen LogP contribution in [0.5, 0.6) is 0 Å². The maximum Gasteiger partial charge on any atom is 0.182 e. The Morgan fingerprint density at radius 3 is 2.60 bits per heavy atom.